The molecule has 2 rings (SSSR count). The third kappa shape index (κ3) is 4.72. The highest BCUT2D eigenvalue weighted by Crippen LogP contribution is 2.19. The van der Waals surface area contributed by atoms with Crippen LogP contribution in [0.1, 0.15) is 38.7 Å². The number of rotatable bonds is 7. The van der Waals surface area contributed by atoms with Gasteiger partial charge in [0.1, 0.15) is 5.75 Å². The molecular formula is C18H30N2O. The van der Waals surface area contributed by atoms with Crippen molar-refractivity contribution in [2.24, 2.45) is 0 Å². The normalized spacial score (nSPS) is 21.0. The predicted molar refractivity (Wildman–Crippen MR) is 88.8 cm³/mol. The third-order valence-corrected chi connectivity index (χ3v) is 4.94. The first-order valence-electron chi connectivity index (χ1n) is 8.32. The SMILES string of the molecule is CCN1CCCC1CN(C)C(C)CCc1ccc(O)cc1. The zero-order valence-electron chi connectivity index (χ0n) is 13.8. The number of phenols is 1. The molecule has 0 aromatic heterocycles. The Morgan fingerprint density at radius 3 is 2.71 bits per heavy atom. The molecule has 0 radical (unpaired) electrons. The Bertz CT molecular complexity index is 418. The van der Waals surface area contributed by atoms with E-state index < -0.39 is 0 Å². The highest BCUT2D eigenvalue weighted by molar-refractivity contribution is 5.25. The Kier molecular flexibility index (Phi) is 6.07. The van der Waals surface area contributed by atoms with Crippen LogP contribution in [0.3, 0.4) is 0 Å². The number of aromatic hydroxyl groups is 1. The quantitative estimate of drug-likeness (QED) is 0.836. The molecule has 2 atom stereocenters. The molecule has 1 N–H and O–H groups in total. The minimum atomic E-state index is 0.352. The van der Waals surface area contributed by atoms with Crippen LogP contribution in [0, 0.1) is 0 Å². The molecule has 1 aromatic carbocycles. The van der Waals surface area contributed by atoms with Crippen molar-refractivity contribution < 1.29 is 5.11 Å². The summed E-state index contributed by atoms with van der Waals surface area (Å²) in [6, 6.07) is 8.95. The molecule has 1 heterocycles. The van der Waals surface area contributed by atoms with Crippen molar-refractivity contribution in [1.29, 1.82) is 0 Å². The summed E-state index contributed by atoms with van der Waals surface area (Å²) in [5.41, 5.74) is 1.31. The average Bonchev–Trinajstić information content (AvgIpc) is 2.93. The number of likely N-dealkylation sites (N-methyl/N-ethyl adjacent to an activating group) is 2. The highest BCUT2D eigenvalue weighted by atomic mass is 16.3. The summed E-state index contributed by atoms with van der Waals surface area (Å²) >= 11 is 0. The molecule has 3 heteroatoms. The topological polar surface area (TPSA) is 26.7 Å². The number of aryl methyl sites for hydroxylation is 1. The molecule has 1 saturated heterocycles. The van der Waals surface area contributed by atoms with Crippen molar-refractivity contribution >= 4 is 0 Å². The first kappa shape index (κ1) is 16.3. The van der Waals surface area contributed by atoms with Crippen LogP contribution in [0.15, 0.2) is 24.3 Å². The lowest BCUT2D eigenvalue weighted by Crippen LogP contribution is -2.42. The monoisotopic (exact) mass is 290 g/mol. The van der Waals surface area contributed by atoms with Gasteiger partial charge in [0.25, 0.3) is 0 Å². The third-order valence-electron chi connectivity index (χ3n) is 4.94. The Balaban J connectivity index is 1.76. The molecular weight excluding hydrogens is 260 g/mol. The lowest BCUT2D eigenvalue weighted by atomic mass is 10.0. The van der Waals surface area contributed by atoms with Gasteiger partial charge in [0.2, 0.25) is 0 Å². The maximum atomic E-state index is 9.32. The van der Waals surface area contributed by atoms with Gasteiger partial charge in [-0.05, 0) is 70.4 Å². The summed E-state index contributed by atoms with van der Waals surface area (Å²) in [6.45, 7) is 8.24. The number of likely N-dealkylation sites (tertiary alicyclic amines) is 1. The van der Waals surface area contributed by atoms with Crippen LogP contribution in [-0.2, 0) is 6.42 Å². The van der Waals surface area contributed by atoms with Gasteiger partial charge >= 0.3 is 0 Å². The number of phenolic OH excluding ortho intramolecular Hbond substituents is 1. The maximum Gasteiger partial charge on any atom is 0.115 e. The first-order chi connectivity index (χ1) is 10.1. The smallest absolute Gasteiger partial charge is 0.115 e. The second kappa shape index (κ2) is 7.81. The van der Waals surface area contributed by atoms with Crippen molar-refractivity contribution in [2.75, 3.05) is 26.7 Å². The van der Waals surface area contributed by atoms with E-state index in [2.05, 4.69) is 30.7 Å². The second-order valence-corrected chi connectivity index (χ2v) is 6.42. The van der Waals surface area contributed by atoms with Crippen molar-refractivity contribution in [3.05, 3.63) is 29.8 Å². The van der Waals surface area contributed by atoms with Crippen LogP contribution < -0.4 is 0 Å². The van der Waals surface area contributed by atoms with Gasteiger partial charge in [-0.1, -0.05) is 19.1 Å². The predicted octanol–water partition coefficient (Wildman–Crippen LogP) is 3.13. The lowest BCUT2D eigenvalue weighted by Gasteiger charge is -2.31. The first-order valence-corrected chi connectivity index (χ1v) is 8.32. The van der Waals surface area contributed by atoms with Crippen LogP contribution in [0.5, 0.6) is 5.75 Å². The van der Waals surface area contributed by atoms with E-state index in [1.807, 2.05) is 12.1 Å². The zero-order valence-corrected chi connectivity index (χ0v) is 13.8. The molecule has 1 aliphatic heterocycles. The van der Waals surface area contributed by atoms with Crippen LogP contribution in [0.4, 0.5) is 0 Å². The Morgan fingerprint density at radius 2 is 2.05 bits per heavy atom. The van der Waals surface area contributed by atoms with E-state index >= 15 is 0 Å². The molecule has 0 amide bonds. The van der Waals surface area contributed by atoms with E-state index in [1.54, 1.807) is 12.1 Å². The Labute approximate surface area is 129 Å². The zero-order chi connectivity index (χ0) is 15.2. The average molecular weight is 290 g/mol. The molecule has 1 fully saturated rings. The van der Waals surface area contributed by atoms with Crippen molar-refractivity contribution in [1.82, 2.24) is 9.80 Å². The minimum Gasteiger partial charge on any atom is -0.508 e. The van der Waals surface area contributed by atoms with E-state index in [-0.39, 0.29) is 0 Å². The molecule has 1 aliphatic rings. The molecule has 1 aromatic rings. The summed E-state index contributed by atoms with van der Waals surface area (Å²) in [5, 5.41) is 9.32. The number of benzene rings is 1. The van der Waals surface area contributed by atoms with E-state index in [0.717, 1.165) is 12.5 Å². The van der Waals surface area contributed by atoms with Crippen LogP contribution in [0.2, 0.25) is 0 Å². The molecule has 0 saturated carbocycles. The van der Waals surface area contributed by atoms with Crippen molar-refractivity contribution in [3.63, 3.8) is 0 Å². The Morgan fingerprint density at radius 1 is 1.33 bits per heavy atom. The van der Waals surface area contributed by atoms with E-state index in [9.17, 15) is 5.11 Å². The van der Waals surface area contributed by atoms with Crippen molar-refractivity contribution in [2.45, 2.75) is 51.6 Å². The van der Waals surface area contributed by atoms with Gasteiger partial charge in [0, 0.05) is 18.6 Å². The van der Waals surface area contributed by atoms with Gasteiger partial charge in [-0.2, -0.15) is 0 Å². The molecule has 0 spiro atoms. The van der Waals surface area contributed by atoms with Crippen molar-refractivity contribution in [3.8, 4) is 5.75 Å². The number of nitrogens with zero attached hydrogens (tertiary/aromatic N) is 2. The molecule has 0 bridgehead atoms. The molecule has 2 unspecified atom stereocenters. The van der Waals surface area contributed by atoms with Gasteiger partial charge in [0.15, 0.2) is 0 Å². The largest absolute Gasteiger partial charge is 0.508 e. The summed E-state index contributed by atoms with van der Waals surface area (Å²) in [7, 11) is 2.26. The summed E-state index contributed by atoms with van der Waals surface area (Å²) in [6.07, 6.45) is 4.95. The number of hydrogen-bond acceptors (Lipinski definition) is 3. The van der Waals surface area contributed by atoms with Crippen LogP contribution >= 0.6 is 0 Å². The fourth-order valence-electron chi connectivity index (χ4n) is 3.29. The highest BCUT2D eigenvalue weighted by Gasteiger charge is 2.25. The molecule has 21 heavy (non-hydrogen) atoms. The van der Waals surface area contributed by atoms with Gasteiger partial charge < -0.3 is 10.0 Å². The molecule has 118 valence electrons. The van der Waals surface area contributed by atoms with Crippen LogP contribution in [0.25, 0.3) is 0 Å². The summed E-state index contributed by atoms with van der Waals surface area (Å²) < 4.78 is 0. The second-order valence-electron chi connectivity index (χ2n) is 6.42. The standard InChI is InChI=1S/C18H30N2O/c1-4-20-13-5-6-17(20)14-19(3)15(2)7-8-16-9-11-18(21)12-10-16/h9-12,15,17,21H,4-8,13-14H2,1-3H3. The van der Waals surface area contributed by atoms with E-state index in [1.165, 1.54) is 44.5 Å². The molecule has 0 aliphatic carbocycles. The van der Waals surface area contributed by atoms with Gasteiger partial charge in [-0.3, -0.25) is 4.90 Å². The van der Waals surface area contributed by atoms with Gasteiger partial charge in [0.05, 0.1) is 0 Å². The Hall–Kier alpha value is -1.06. The molecule has 3 nitrogen and oxygen atoms in total. The fraction of sp³-hybridized carbons (Fsp3) is 0.667. The van der Waals surface area contributed by atoms with Gasteiger partial charge in [-0.15, -0.1) is 0 Å². The summed E-state index contributed by atoms with van der Waals surface area (Å²) in [4.78, 5) is 5.13. The minimum absolute atomic E-state index is 0.352. The van der Waals surface area contributed by atoms with Gasteiger partial charge in [-0.25, -0.2) is 0 Å². The van der Waals surface area contributed by atoms with E-state index in [4.69, 9.17) is 0 Å². The maximum absolute atomic E-state index is 9.32. The lowest BCUT2D eigenvalue weighted by molar-refractivity contribution is 0.165. The fourth-order valence-corrected chi connectivity index (χ4v) is 3.29. The van der Waals surface area contributed by atoms with E-state index in [0.29, 0.717) is 11.8 Å². The number of hydrogen-bond donors (Lipinski definition) is 1. The van der Waals surface area contributed by atoms with Crippen LogP contribution in [-0.4, -0.2) is 53.7 Å². The summed E-state index contributed by atoms with van der Waals surface area (Å²) in [5.74, 6) is 0.352.